The highest BCUT2D eigenvalue weighted by atomic mass is 127. The monoisotopic (exact) mass is 503 g/mol. The van der Waals surface area contributed by atoms with Crippen molar-refractivity contribution in [1.82, 2.24) is 15.6 Å². The number of hydrogen-bond acceptors (Lipinski definition) is 4. The van der Waals surface area contributed by atoms with Crippen molar-refractivity contribution in [2.75, 3.05) is 31.1 Å². The van der Waals surface area contributed by atoms with Gasteiger partial charge in [-0.3, -0.25) is 0 Å². The highest BCUT2D eigenvalue weighted by Crippen LogP contribution is 2.17. The van der Waals surface area contributed by atoms with Crippen LogP contribution in [0, 0.1) is 5.92 Å². The minimum atomic E-state index is 0. The van der Waals surface area contributed by atoms with E-state index >= 15 is 0 Å². The second kappa shape index (κ2) is 13.2. The number of guanidine groups is 1. The molecule has 0 bridgehead atoms. The van der Waals surface area contributed by atoms with Crippen molar-refractivity contribution in [3.8, 4) is 0 Å². The van der Waals surface area contributed by atoms with Gasteiger partial charge in [0.15, 0.2) is 5.96 Å². The summed E-state index contributed by atoms with van der Waals surface area (Å²) in [5.74, 6) is 2.63. The average Bonchev–Trinajstić information content (AvgIpc) is 2.65. The number of hydrogen-bond donors (Lipinski definition) is 2. The van der Waals surface area contributed by atoms with E-state index in [0.717, 1.165) is 50.4 Å². The van der Waals surface area contributed by atoms with Crippen LogP contribution in [-0.4, -0.2) is 49.3 Å². The molecule has 1 aromatic rings. The van der Waals surface area contributed by atoms with Gasteiger partial charge in [-0.05, 0) is 57.2 Å². The second-order valence-corrected chi connectivity index (χ2v) is 7.86. The molecule has 2 rings (SSSR count). The average molecular weight is 503 g/mol. The third-order valence-electron chi connectivity index (χ3n) is 4.70. The molecule has 1 saturated heterocycles. The highest BCUT2D eigenvalue weighted by Gasteiger charge is 2.18. The van der Waals surface area contributed by atoms with Crippen molar-refractivity contribution in [1.29, 1.82) is 0 Å². The van der Waals surface area contributed by atoms with Gasteiger partial charge in [0.25, 0.3) is 0 Å². The quantitative estimate of drug-likeness (QED) is 0.321. The van der Waals surface area contributed by atoms with E-state index in [1.165, 1.54) is 12.0 Å². The summed E-state index contributed by atoms with van der Waals surface area (Å²) in [6, 6.07) is 4.60. The van der Waals surface area contributed by atoms with Gasteiger partial charge in [-0.2, -0.15) is 0 Å². The molecular formula is C21H38IN5O. The Balaban J connectivity index is 0.00000392. The maximum absolute atomic E-state index is 5.63. The number of anilines is 1. The standard InChI is InChI=1S/C21H37N5O.HI/c1-6-22-21(25-17(4)8-7-16(2)3)24-14-19-9-10-23-20(13-19)26-11-12-27-18(5)15-26;/h9-10,13,16-18H,6-8,11-12,14-15H2,1-5H3,(H2,22,24,25);1H. The molecule has 0 radical (unpaired) electrons. The van der Waals surface area contributed by atoms with Crippen molar-refractivity contribution in [2.24, 2.45) is 10.9 Å². The van der Waals surface area contributed by atoms with Gasteiger partial charge in [0.1, 0.15) is 5.82 Å². The first-order valence-electron chi connectivity index (χ1n) is 10.3. The van der Waals surface area contributed by atoms with Gasteiger partial charge in [-0.1, -0.05) is 13.8 Å². The molecule has 1 aromatic heterocycles. The molecule has 0 saturated carbocycles. The van der Waals surface area contributed by atoms with Gasteiger partial charge in [0, 0.05) is 31.9 Å². The smallest absolute Gasteiger partial charge is 0.191 e. The van der Waals surface area contributed by atoms with E-state index in [9.17, 15) is 0 Å². The van der Waals surface area contributed by atoms with E-state index in [2.05, 4.69) is 61.2 Å². The van der Waals surface area contributed by atoms with Gasteiger partial charge in [-0.25, -0.2) is 9.98 Å². The van der Waals surface area contributed by atoms with Crippen molar-refractivity contribution >= 4 is 35.8 Å². The number of nitrogens with one attached hydrogen (secondary N) is 2. The Morgan fingerprint density at radius 1 is 1.36 bits per heavy atom. The zero-order chi connectivity index (χ0) is 19.6. The van der Waals surface area contributed by atoms with Crippen LogP contribution in [0.4, 0.5) is 5.82 Å². The fraction of sp³-hybridized carbons (Fsp3) is 0.714. The van der Waals surface area contributed by atoms with Crippen LogP contribution >= 0.6 is 24.0 Å². The van der Waals surface area contributed by atoms with Crippen LogP contribution in [0.25, 0.3) is 0 Å². The van der Waals surface area contributed by atoms with Crippen LogP contribution < -0.4 is 15.5 Å². The molecule has 2 atom stereocenters. The summed E-state index contributed by atoms with van der Waals surface area (Å²) in [4.78, 5) is 11.6. The predicted molar refractivity (Wildman–Crippen MR) is 129 cm³/mol. The van der Waals surface area contributed by atoms with Crippen molar-refractivity contribution < 1.29 is 4.74 Å². The summed E-state index contributed by atoms with van der Waals surface area (Å²) in [5, 5.41) is 6.88. The molecule has 160 valence electrons. The molecule has 1 aliphatic heterocycles. The topological polar surface area (TPSA) is 61.8 Å². The molecule has 0 spiro atoms. The molecule has 6 nitrogen and oxygen atoms in total. The van der Waals surface area contributed by atoms with Crippen LogP contribution in [-0.2, 0) is 11.3 Å². The summed E-state index contributed by atoms with van der Waals surface area (Å²) >= 11 is 0. The molecule has 1 aliphatic rings. The molecule has 2 heterocycles. The Morgan fingerprint density at radius 2 is 2.14 bits per heavy atom. The Hall–Kier alpha value is -1.09. The lowest BCUT2D eigenvalue weighted by Gasteiger charge is -2.32. The minimum Gasteiger partial charge on any atom is -0.375 e. The van der Waals surface area contributed by atoms with Crippen molar-refractivity contribution in [3.63, 3.8) is 0 Å². The third-order valence-corrected chi connectivity index (χ3v) is 4.70. The molecule has 0 aromatic carbocycles. The van der Waals surface area contributed by atoms with Gasteiger partial charge in [-0.15, -0.1) is 24.0 Å². The first-order valence-corrected chi connectivity index (χ1v) is 10.3. The largest absolute Gasteiger partial charge is 0.375 e. The molecular weight excluding hydrogens is 465 g/mol. The number of ether oxygens (including phenoxy) is 1. The Labute approximate surface area is 187 Å². The lowest BCUT2D eigenvalue weighted by atomic mass is 10.0. The van der Waals surface area contributed by atoms with Crippen LogP contribution in [0.5, 0.6) is 0 Å². The summed E-state index contributed by atoms with van der Waals surface area (Å²) < 4.78 is 5.63. The Kier molecular flexibility index (Phi) is 11.8. The fourth-order valence-electron chi connectivity index (χ4n) is 3.14. The first-order chi connectivity index (χ1) is 13.0. The van der Waals surface area contributed by atoms with Crippen molar-refractivity contribution in [3.05, 3.63) is 23.9 Å². The summed E-state index contributed by atoms with van der Waals surface area (Å²) in [5.41, 5.74) is 1.17. The molecule has 2 unspecified atom stereocenters. The number of halogens is 1. The second-order valence-electron chi connectivity index (χ2n) is 7.86. The van der Waals surface area contributed by atoms with Crippen LogP contribution in [0.2, 0.25) is 0 Å². The minimum absolute atomic E-state index is 0. The molecule has 7 heteroatoms. The number of rotatable bonds is 8. The fourth-order valence-corrected chi connectivity index (χ4v) is 3.14. The van der Waals surface area contributed by atoms with Gasteiger partial charge < -0.3 is 20.3 Å². The third kappa shape index (κ3) is 8.94. The van der Waals surface area contributed by atoms with E-state index in [0.29, 0.717) is 12.6 Å². The molecule has 1 fully saturated rings. The van der Waals surface area contributed by atoms with Gasteiger partial charge in [0.05, 0.1) is 19.3 Å². The Bertz CT molecular complexity index is 596. The summed E-state index contributed by atoms with van der Waals surface area (Å²) in [7, 11) is 0. The van der Waals surface area contributed by atoms with Gasteiger partial charge in [0.2, 0.25) is 0 Å². The number of nitrogens with zero attached hydrogens (tertiary/aromatic N) is 3. The zero-order valence-corrected chi connectivity index (χ0v) is 20.4. The lowest BCUT2D eigenvalue weighted by Crippen LogP contribution is -2.42. The molecule has 0 amide bonds. The van der Waals surface area contributed by atoms with Crippen LogP contribution in [0.15, 0.2) is 23.3 Å². The van der Waals surface area contributed by atoms with E-state index in [1.54, 1.807) is 0 Å². The van der Waals surface area contributed by atoms with Crippen LogP contribution in [0.1, 0.15) is 53.0 Å². The van der Waals surface area contributed by atoms with E-state index in [-0.39, 0.29) is 30.1 Å². The van der Waals surface area contributed by atoms with Crippen LogP contribution in [0.3, 0.4) is 0 Å². The van der Waals surface area contributed by atoms with Crippen molar-refractivity contribution in [2.45, 2.75) is 66.2 Å². The molecule has 0 aliphatic carbocycles. The number of morpholine rings is 1. The normalized spacial score (nSPS) is 18.6. The summed E-state index contributed by atoms with van der Waals surface area (Å²) in [6.07, 6.45) is 4.50. The number of aromatic nitrogens is 1. The molecule has 28 heavy (non-hydrogen) atoms. The predicted octanol–water partition coefficient (Wildman–Crippen LogP) is 3.80. The Morgan fingerprint density at radius 3 is 2.82 bits per heavy atom. The number of pyridine rings is 1. The zero-order valence-electron chi connectivity index (χ0n) is 18.1. The summed E-state index contributed by atoms with van der Waals surface area (Å²) in [6.45, 7) is 15.0. The molecule has 2 N–H and O–H groups in total. The SMILES string of the molecule is CCNC(=NCc1ccnc(N2CCOC(C)C2)c1)NC(C)CCC(C)C.I. The maximum atomic E-state index is 5.63. The van der Waals surface area contributed by atoms with E-state index in [4.69, 9.17) is 9.73 Å². The highest BCUT2D eigenvalue weighted by molar-refractivity contribution is 14.0. The first kappa shape index (κ1) is 24.9. The van der Waals surface area contributed by atoms with E-state index < -0.39 is 0 Å². The van der Waals surface area contributed by atoms with E-state index in [1.807, 2.05) is 12.3 Å². The maximum Gasteiger partial charge on any atom is 0.191 e. The number of aliphatic imine (C=N–C) groups is 1. The lowest BCUT2D eigenvalue weighted by molar-refractivity contribution is 0.0529. The van der Waals surface area contributed by atoms with Gasteiger partial charge >= 0.3 is 0 Å².